The van der Waals surface area contributed by atoms with E-state index in [0.29, 0.717) is 5.25 Å². The Morgan fingerprint density at radius 3 is 2.58 bits per heavy atom. The van der Waals surface area contributed by atoms with Crippen LogP contribution in [0.5, 0.6) is 0 Å². The van der Waals surface area contributed by atoms with E-state index in [1.54, 1.807) is 0 Å². The molecule has 0 spiro atoms. The maximum atomic E-state index is 12.3. The second kappa shape index (κ2) is 7.03. The average molecular weight is 288 g/mol. The second-order valence-electron chi connectivity index (χ2n) is 5.41. The standard InChI is InChI=1S/C13H24N2O3S/c1-8(2)11(7-12(16)17)14-13(18)15-5-6-19-10(4)9(15)3/h8-11H,5-7H2,1-4H3,(H,14,18)(H,16,17). The van der Waals surface area contributed by atoms with Crippen molar-refractivity contribution in [3.05, 3.63) is 0 Å². The third-order valence-corrected chi connectivity index (χ3v) is 4.99. The number of carboxylic acids is 1. The number of thioether (sulfide) groups is 1. The molecule has 2 N–H and O–H groups in total. The molecule has 1 heterocycles. The Balaban J connectivity index is 2.63. The van der Waals surface area contributed by atoms with Crippen LogP contribution >= 0.6 is 11.8 Å². The molecule has 6 heteroatoms. The molecule has 0 aromatic rings. The first kappa shape index (κ1) is 16.1. The normalized spacial score (nSPS) is 25.2. The summed E-state index contributed by atoms with van der Waals surface area (Å²) >= 11 is 1.87. The van der Waals surface area contributed by atoms with Gasteiger partial charge in [-0.1, -0.05) is 20.8 Å². The predicted molar refractivity (Wildman–Crippen MR) is 77.5 cm³/mol. The maximum Gasteiger partial charge on any atom is 0.317 e. The van der Waals surface area contributed by atoms with Gasteiger partial charge in [-0.15, -0.1) is 0 Å². The molecule has 0 bridgehead atoms. The summed E-state index contributed by atoms with van der Waals surface area (Å²) in [7, 11) is 0. The van der Waals surface area contributed by atoms with Crippen LogP contribution in [0.15, 0.2) is 0 Å². The first-order chi connectivity index (χ1) is 8.82. The first-order valence-electron chi connectivity index (χ1n) is 6.73. The molecule has 3 unspecified atom stereocenters. The number of rotatable bonds is 4. The van der Waals surface area contributed by atoms with Crippen LogP contribution in [-0.4, -0.2) is 51.6 Å². The molecule has 0 aromatic heterocycles. The smallest absolute Gasteiger partial charge is 0.317 e. The predicted octanol–water partition coefficient (Wildman–Crippen LogP) is 2.02. The molecule has 5 nitrogen and oxygen atoms in total. The van der Waals surface area contributed by atoms with Gasteiger partial charge < -0.3 is 15.3 Å². The van der Waals surface area contributed by atoms with Gasteiger partial charge in [0.05, 0.1) is 6.42 Å². The highest BCUT2D eigenvalue weighted by Gasteiger charge is 2.30. The zero-order valence-electron chi connectivity index (χ0n) is 12.0. The van der Waals surface area contributed by atoms with Crippen molar-refractivity contribution >= 4 is 23.8 Å². The Morgan fingerprint density at radius 1 is 1.42 bits per heavy atom. The van der Waals surface area contributed by atoms with Gasteiger partial charge in [-0.3, -0.25) is 4.79 Å². The molecule has 0 radical (unpaired) electrons. The van der Waals surface area contributed by atoms with Gasteiger partial charge in [0.2, 0.25) is 0 Å². The number of carbonyl (C=O) groups excluding carboxylic acids is 1. The molecule has 110 valence electrons. The average Bonchev–Trinajstić information content (AvgIpc) is 2.31. The second-order valence-corrected chi connectivity index (χ2v) is 6.89. The summed E-state index contributed by atoms with van der Waals surface area (Å²) in [5.41, 5.74) is 0. The molecule has 0 aromatic carbocycles. The minimum Gasteiger partial charge on any atom is -0.481 e. The summed E-state index contributed by atoms with van der Waals surface area (Å²) in [5.74, 6) is 0.158. The van der Waals surface area contributed by atoms with Gasteiger partial charge in [0.25, 0.3) is 0 Å². The molecule has 1 aliphatic rings. The summed E-state index contributed by atoms with van der Waals surface area (Å²) in [6, 6.07) is -0.280. The number of nitrogens with zero attached hydrogens (tertiary/aromatic N) is 1. The lowest BCUT2D eigenvalue weighted by molar-refractivity contribution is -0.137. The van der Waals surface area contributed by atoms with Crippen molar-refractivity contribution in [1.29, 1.82) is 0 Å². The maximum absolute atomic E-state index is 12.3. The van der Waals surface area contributed by atoms with Crippen LogP contribution < -0.4 is 5.32 Å². The molecule has 1 saturated heterocycles. The fourth-order valence-electron chi connectivity index (χ4n) is 2.10. The van der Waals surface area contributed by atoms with Crippen molar-refractivity contribution in [2.45, 2.75) is 51.4 Å². The van der Waals surface area contributed by atoms with Crippen LogP contribution in [0.3, 0.4) is 0 Å². The van der Waals surface area contributed by atoms with E-state index in [9.17, 15) is 9.59 Å². The highest BCUT2D eigenvalue weighted by Crippen LogP contribution is 2.24. The topological polar surface area (TPSA) is 69.6 Å². The molecule has 0 aliphatic carbocycles. The summed E-state index contributed by atoms with van der Waals surface area (Å²) in [5, 5.41) is 12.2. The lowest BCUT2D eigenvalue weighted by Crippen LogP contribution is -2.54. The molecule has 19 heavy (non-hydrogen) atoms. The molecular weight excluding hydrogens is 264 g/mol. The molecular formula is C13H24N2O3S. The Bertz CT molecular complexity index is 336. The van der Waals surface area contributed by atoms with E-state index < -0.39 is 5.97 Å². The summed E-state index contributed by atoms with van der Waals surface area (Å²) in [6.07, 6.45) is -0.0318. The number of urea groups is 1. The molecule has 3 atom stereocenters. The number of carbonyl (C=O) groups is 2. The number of aliphatic carboxylic acids is 1. The first-order valence-corrected chi connectivity index (χ1v) is 7.78. The van der Waals surface area contributed by atoms with Gasteiger partial charge >= 0.3 is 12.0 Å². The fraction of sp³-hybridized carbons (Fsp3) is 0.846. The van der Waals surface area contributed by atoms with Gasteiger partial charge in [-0.2, -0.15) is 11.8 Å². The van der Waals surface area contributed by atoms with Gasteiger partial charge in [0.15, 0.2) is 0 Å². The summed E-state index contributed by atoms with van der Waals surface area (Å²) < 4.78 is 0. The van der Waals surface area contributed by atoms with Crippen molar-refractivity contribution in [3.8, 4) is 0 Å². The summed E-state index contributed by atoms with van der Waals surface area (Å²) in [6.45, 7) is 8.72. The lowest BCUT2D eigenvalue weighted by atomic mass is 10.0. The van der Waals surface area contributed by atoms with Crippen LogP contribution in [0, 0.1) is 5.92 Å². The van der Waals surface area contributed by atoms with Crippen molar-refractivity contribution < 1.29 is 14.7 Å². The third-order valence-electron chi connectivity index (χ3n) is 3.65. The molecule has 1 fully saturated rings. The van der Waals surface area contributed by atoms with E-state index in [1.165, 1.54) is 0 Å². The van der Waals surface area contributed by atoms with Crippen LogP contribution in [0.1, 0.15) is 34.1 Å². The molecule has 1 rings (SSSR count). The van der Waals surface area contributed by atoms with Gasteiger partial charge in [-0.05, 0) is 12.8 Å². The SMILES string of the molecule is CC(C)C(CC(=O)O)NC(=O)N1CCSC(C)C1C. The van der Waals surface area contributed by atoms with Crippen molar-refractivity contribution in [1.82, 2.24) is 10.2 Å². The summed E-state index contributed by atoms with van der Waals surface area (Å²) in [4.78, 5) is 24.9. The van der Waals surface area contributed by atoms with Gasteiger partial charge in [-0.25, -0.2) is 4.79 Å². The fourth-order valence-corrected chi connectivity index (χ4v) is 3.20. The van der Waals surface area contributed by atoms with E-state index in [0.717, 1.165) is 12.3 Å². The minimum atomic E-state index is -0.880. The van der Waals surface area contributed by atoms with E-state index >= 15 is 0 Å². The van der Waals surface area contributed by atoms with E-state index in [1.807, 2.05) is 37.4 Å². The number of carboxylic acid groups (broad SMARTS) is 1. The van der Waals surface area contributed by atoms with Crippen LogP contribution in [0.25, 0.3) is 0 Å². The van der Waals surface area contributed by atoms with Crippen LogP contribution in [0.2, 0.25) is 0 Å². The lowest BCUT2D eigenvalue weighted by Gasteiger charge is -2.38. The number of nitrogens with one attached hydrogen (secondary N) is 1. The molecule has 2 amide bonds. The third kappa shape index (κ3) is 4.60. The van der Waals surface area contributed by atoms with E-state index in [-0.39, 0.29) is 30.5 Å². The number of hydrogen-bond donors (Lipinski definition) is 2. The Morgan fingerprint density at radius 2 is 2.05 bits per heavy atom. The van der Waals surface area contributed by atoms with Gasteiger partial charge in [0.1, 0.15) is 0 Å². The number of hydrogen-bond acceptors (Lipinski definition) is 3. The van der Waals surface area contributed by atoms with Crippen molar-refractivity contribution in [3.63, 3.8) is 0 Å². The largest absolute Gasteiger partial charge is 0.481 e. The molecule has 1 aliphatic heterocycles. The zero-order valence-corrected chi connectivity index (χ0v) is 12.9. The Hall–Kier alpha value is -0.910. The quantitative estimate of drug-likeness (QED) is 0.830. The number of amides is 2. The minimum absolute atomic E-state index is 0.0318. The zero-order chi connectivity index (χ0) is 14.6. The Labute approximate surface area is 119 Å². The monoisotopic (exact) mass is 288 g/mol. The van der Waals surface area contributed by atoms with Crippen LogP contribution in [-0.2, 0) is 4.79 Å². The van der Waals surface area contributed by atoms with Crippen molar-refractivity contribution in [2.75, 3.05) is 12.3 Å². The van der Waals surface area contributed by atoms with Crippen molar-refractivity contribution in [2.24, 2.45) is 5.92 Å². The highest BCUT2D eigenvalue weighted by molar-refractivity contribution is 8.00. The van der Waals surface area contributed by atoms with Gasteiger partial charge in [0, 0.05) is 29.6 Å². The van der Waals surface area contributed by atoms with E-state index in [4.69, 9.17) is 5.11 Å². The van der Waals surface area contributed by atoms with E-state index in [2.05, 4.69) is 12.2 Å². The molecule has 0 saturated carbocycles. The Kier molecular flexibility index (Phi) is 5.97. The van der Waals surface area contributed by atoms with Crippen LogP contribution in [0.4, 0.5) is 4.79 Å². The highest BCUT2D eigenvalue weighted by atomic mass is 32.2.